The van der Waals surface area contributed by atoms with Crippen LogP contribution in [0.5, 0.6) is 0 Å². The Morgan fingerprint density at radius 2 is 2.18 bits per heavy atom. The molecule has 1 unspecified atom stereocenters. The third-order valence-corrected chi connectivity index (χ3v) is 2.72. The van der Waals surface area contributed by atoms with Crippen molar-refractivity contribution < 1.29 is 4.79 Å². The van der Waals surface area contributed by atoms with Crippen molar-refractivity contribution in [1.29, 1.82) is 0 Å². The molecule has 0 bridgehead atoms. The molecule has 0 saturated carbocycles. The average Bonchev–Trinajstić information content (AvgIpc) is 2.31. The number of hydrogen-bond acceptors (Lipinski definition) is 1. The Morgan fingerprint density at radius 3 is 2.82 bits per heavy atom. The van der Waals surface area contributed by atoms with E-state index in [0.717, 1.165) is 12.0 Å². The lowest BCUT2D eigenvalue weighted by molar-refractivity contribution is 0.241. The fourth-order valence-electron chi connectivity index (χ4n) is 1.18. The van der Waals surface area contributed by atoms with E-state index in [4.69, 9.17) is 11.6 Å². The maximum Gasteiger partial charge on any atom is 0.318 e. The maximum atomic E-state index is 11.4. The molecule has 4 heteroatoms. The predicted octanol–water partition coefficient (Wildman–Crippen LogP) is 3.41. The minimum Gasteiger partial charge on any atom is -0.335 e. The minimum absolute atomic E-state index is 0.170. The lowest BCUT2D eigenvalue weighted by atomic mass is 10.2. The van der Waals surface area contributed by atoms with Crippen molar-refractivity contribution in [3.8, 4) is 0 Å². The summed E-state index contributed by atoms with van der Waals surface area (Å²) in [5.41, 5.74) is 0.873. The van der Waals surface area contributed by atoms with Gasteiger partial charge in [0, 0.05) is 17.3 Å². The van der Waals surface area contributed by atoms with E-state index in [1.54, 1.807) is 18.3 Å². The van der Waals surface area contributed by atoms with Gasteiger partial charge in [-0.25, -0.2) is 4.79 Å². The lowest BCUT2D eigenvalue weighted by Gasteiger charge is -2.10. The zero-order chi connectivity index (χ0) is 12.7. The van der Waals surface area contributed by atoms with Crippen molar-refractivity contribution in [2.75, 3.05) is 0 Å². The van der Waals surface area contributed by atoms with E-state index in [-0.39, 0.29) is 12.1 Å². The first-order valence-electron chi connectivity index (χ1n) is 5.61. The Bertz CT molecular complexity index is 404. The van der Waals surface area contributed by atoms with Gasteiger partial charge in [0.05, 0.1) is 0 Å². The van der Waals surface area contributed by atoms with Gasteiger partial charge in [-0.05, 0) is 31.1 Å². The van der Waals surface area contributed by atoms with Crippen LogP contribution in [0.2, 0.25) is 5.02 Å². The zero-order valence-electron chi connectivity index (χ0n) is 10.0. The Balaban J connectivity index is 2.45. The summed E-state index contributed by atoms with van der Waals surface area (Å²) in [6.45, 7) is 3.97. The Hall–Kier alpha value is -1.48. The lowest BCUT2D eigenvalue weighted by Crippen LogP contribution is -2.38. The number of carbonyl (C=O) groups is 1. The van der Waals surface area contributed by atoms with Gasteiger partial charge in [-0.1, -0.05) is 36.7 Å². The van der Waals surface area contributed by atoms with Crippen molar-refractivity contribution in [3.05, 3.63) is 41.1 Å². The minimum atomic E-state index is -0.206. The highest BCUT2D eigenvalue weighted by atomic mass is 35.5. The van der Waals surface area contributed by atoms with Crippen molar-refractivity contribution in [1.82, 2.24) is 10.6 Å². The zero-order valence-corrected chi connectivity index (χ0v) is 10.8. The normalized spacial score (nSPS) is 12.4. The Kier molecular flexibility index (Phi) is 5.57. The summed E-state index contributed by atoms with van der Waals surface area (Å²) in [5.74, 6) is 0. The van der Waals surface area contributed by atoms with Crippen molar-refractivity contribution in [2.24, 2.45) is 0 Å². The molecule has 1 rings (SSSR count). The number of rotatable bonds is 4. The Labute approximate surface area is 107 Å². The van der Waals surface area contributed by atoms with Gasteiger partial charge in [-0.3, -0.25) is 0 Å². The molecule has 0 spiro atoms. The van der Waals surface area contributed by atoms with Gasteiger partial charge in [0.2, 0.25) is 0 Å². The number of urea groups is 1. The predicted molar refractivity (Wildman–Crippen MR) is 71.9 cm³/mol. The molecule has 1 aromatic rings. The quantitative estimate of drug-likeness (QED) is 0.847. The molecule has 92 valence electrons. The molecule has 3 nitrogen and oxygen atoms in total. The molecule has 0 aliphatic heterocycles. The van der Waals surface area contributed by atoms with E-state index >= 15 is 0 Å². The number of benzene rings is 1. The maximum absolute atomic E-state index is 11.4. The third-order valence-electron chi connectivity index (χ3n) is 2.37. The topological polar surface area (TPSA) is 41.1 Å². The van der Waals surface area contributed by atoms with Crippen molar-refractivity contribution in [3.63, 3.8) is 0 Å². The van der Waals surface area contributed by atoms with E-state index in [1.807, 2.05) is 32.0 Å². The van der Waals surface area contributed by atoms with Crippen molar-refractivity contribution >= 4 is 23.7 Å². The van der Waals surface area contributed by atoms with Crippen LogP contribution in [-0.2, 0) is 0 Å². The molecule has 2 N–H and O–H groups in total. The highest BCUT2D eigenvalue weighted by Crippen LogP contribution is 2.15. The first-order chi connectivity index (χ1) is 8.13. The molecule has 0 radical (unpaired) electrons. The fourth-order valence-corrected chi connectivity index (χ4v) is 1.38. The summed E-state index contributed by atoms with van der Waals surface area (Å²) in [6, 6.07) is 7.41. The molecular formula is C13H17ClN2O. The van der Waals surface area contributed by atoms with E-state index in [0.29, 0.717) is 5.02 Å². The number of halogens is 1. The molecule has 0 aliphatic carbocycles. The Morgan fingerprint density at radius 1 is 1.47 bits per heavy atom. The first kappa shape index (κ1) is 13.6. The van der Waals surface area contributed by atoms with Crippen molar-refractivity contribution in [2.45, 2.75) is 26.3 Å². The van der Waals surface area contributed by atoms with E-state index in [9.17, 15) is 4.79 Å². The monoisotopic (exact) mass is 252 g/mol. The third kappa shape index (κ3) is 4.91. The molecule has 0 saturated heterocycles. The molecule has 0 aromatic heterocycles. The van der Waals surface area contributed by atoms with E-state index < -0.39 is 0 Å². The van der Waals surface area contributed by atoms with Crippen LogP contribution in [0.3, 0.4) is 0 Å². The summed E-state index contributed by atoms with van der Waals surface area (Å²) in [5, 5.41) is 6.09. The van der Waals surface area contributed by atoms with Crippen LogP contribution in [0.1, 0.15) is 25.8 Å². The smallest absolute Gasteiger partial charge is 0.318 e. The highest BCUT2D eigenvalue weighted by Gasteiger charge is 2.01. The molecule has 1 aromatic carbocycles. The van der Waals surface area contributed by atoms with Gasteiger partial charge in [0.1, 0.15) is 0 Å². The van der Waals surface area contributed by atoms with Gasteiger partial charge >= 0.3 is 6.03 Å². The fraction of sp³-hybridized carbons (Fsp3) is 0.308. The number of nitrogens with one attached hydrogen (secondary N) is 2. The largest absolute Gasteiger partial charge is 0.335 e. The molecular weight excluding hydrogens is 236 g/mol. The number of carbonyl (C=O) groups excluding carboxylic acids is 1. The van der Waals surface area contributed by atoms with Crippen LogP contribution in [0, 0.1) is 0 Å². The first-order valence-corrected chi connectivity index (χ1v) is 5.99. The number of hydrogen-bond donors (Lipinski definition) is 2. The second kappa shape index (κ2) is 6.97. The van der Waals surface area contributed by atoms with Gasteiger partial charge in [-0.15, -0.1) is 0 Å². The molecule has 2 amide bonds. The standard InChI is InChI=1S/C13H17ClN2O/c1-3-10(2)16-13(17)15-9-8-11-6-4-5-7-12(11)14/h4-10H,3H2,1-2H3,(H2,15,16,17)/b9-8+. The summed E-state index contributed by atoms with van der Waals surface area (Å²) in [6.07, 6.45) is 4.25. The van der Waals surface area contributed by atoms with Crippen LogP contribution < -0.4 is 10.6 Å². The summed E-state index contributed by atoms with van der Waals surface area (Å²) >= 11 is 5.97. The molecule has 0 fully saturated rings. The van der Waals surface area contributed by atoms with Gasteiger partial charge in [0.25, 0.3) is 0 Å². The number of amides is 2. The van der Waals surface area contributed by atoms with Crippen LogP contribution in [0.15, 0.2) is 30.5 Å². The van der Waals surface area contributed by atoms with Gasteiger partial charge in [-0.2, -0.15) is 0 Å². The van der Waals surface area contributed by atoms with Gasteiger partial charge in [0.15, 0.2) is 0 Å². The summed E-state index contributed by atoms with van der Waals surface area (Å²) in [7, 11) is 0. The molecule has 17 heavy (non-hydrogen) atoms. The molecule has 0 heterocycles. The van der Waals surface area contributed by atoms with E-state index in [2.05, 4.69) is 10.6 Å². The van der Waals surface area contributed by atoms with Crippen LogP contribution in [0.25, 0.3) is 6.08 Å². The van der Waals surface area contributed by atoms with Gasteiger partial charge < -0.3 is 10.6 Å². The van der Waals surface area contributed by atoms with Crippen LogP contribution >= 0.6 is 11.6 Å². The second-order valence-electron chi connectivity index (χ2n) is 3.78. The van der Waals surface area contributed by atoms with Crippen LogP contribution in [-0.4, -0.2) is 12.1 Å². The highest BCUT2D eigenvalue weighted by molar-refractivity contribution is 6.32. The van der Waals surface area contributed by atoms with Crippen LogP contribution in [0.4, 0.5) is 4.79 Å². The summed E-state index contributed by atoms with van der Waals surface area (Å²) < 4.78 is 0. The molecule has 0 aliphatic rings. The summed E-state index contributed by atoms with van der Waals surface area (Å²) in [4.78, 5) is 11.4. The molecule has 1 atom stereocenters. The average molecular weight is 253 g/mol. The SMILES string of the molecule is CCC(C)NC(=O)N/C=C/c1ccccc1Cl. The second-order valence-corrected chi connectivity index (χ2v) is 4.19. The van der Waals surface area contributed by atoms with E-state index in [1.165, 1.54) is 0 Å².